The zero-order valence-corrected chi connectivity index (χ0v) is 10.5. The van der Waals surface area contributed by atoms with E-state index in [9.17, 15) is 18.3 Å². The molecular weight excluding hydrogens is 259 g/mol. The van der Waals surface area contributed by atoms with Crippen LogP contribution in [0.2, 0.25) is 0 Å². The Morgan fingerprint density at radius 2 is 1.89 bits per heavy atom. The Labute approximate surface area is 109 Å². The first-order valence-electron chi connectivity index (χ1n) is 6.04. The third-order valence-electron chi connectivity index (χ3n) is 3.44. The van der Waals surface area contributed by atoms with Crippen LogP contribution in [0.25, 0.3) is 0 Å². The van der Waals surface area contributed by atoms with Crippen LogP contribution in [0.5, 0.6) is 0 Å². The summed E-state index contributed by atoms with van der Waals surface area (Å²) in [5.41, 5.74) is -0.00417. The summed E-state index contributed by atoms with van der Waals surface area (Å²) in [7, 11) is 0. The highest BCUT2D eigenvalue weighted by molar-refractivity contribution is 5.22. The van der Waals surface area contributed by atoms with Gasteiger partial charge in [0.25, 0.3) is 0 Å². The average Bonchev–Trinajstić information content (AvgIpc) is 2.34. The van der Waals surface area contributed by atoms with Gasteiger partial charge in [0.2, 0.25) is 0 Å². The van der Waals surface area contributed by atoms with Gasteiger partial charge in [-0.1, -0.05) is 0 Å². The number of benzene rings is 1. The molecule has 2 rings (SSSR count). The fraction of sp³-hybridized carbons (Fsp3) is 0.538. The van der Waals surface area contributed by atoms with E-state index in [4.69, 9.17) is 4.74 Å². The Kier molecular flexibility index (Phi) is 4.13. The number of halogens is 3. The molecule has 1 fully saturated rings. The molecule has 1 unspecified atom stereocenters. The molecule has 3 nitrogen and oxygen atoms in total. The molecule has 0 aromatic heterocycles. The summed E-state index contributed by atoms with van der Waals surface area (Å²) in [5, 5.41) is 12.3. The molecule has 0 saturated carbocycles. The van der Waals surface area contributed by atoms with Crippen molar-refractivity contribution in [2.45, 2.75) is 13.0 Å². The molecule has 106 valence electrons. The van der Waals surface area contributed by atoms with Crippen molar-refractivity contribution in [3.8, 4) is 0 Å². The Morgan fingerprint density at radius 3 is 2.32 bits per heavy atom. The van der Waals surface area contributed by atoms with E-state index in [1.54, 1.807) is 6.92 Å². The summed E-state index contributed by atoms with van der Waals surface area (Å²) in [5.74, 6) is -3.87. The number of ether oxygens (including phenoxy) is 1. The molecule has 1 atom stereocenters. The summed E-state index contributed by atoms with van der Waals surface area (Å²) in [4.78, 5) is 0. The largest absolute Gasteiger partial charge is 0.396 e. The first kappa shape index (κ1) is 14.3. The molecule has 1 aliphatic heterocycles. The predicted octanol–water partition coefficient (Wildman–Crippen LogP) is 1.76. The summed E-state index contributed by atoms with van der Waals surface area (Å²) >= 11 is 0. The Bertz CT molecular complexity index is 435. The second-order valence-corrected chi connectivity index (χ2v) is 5.05. The van der Waals surface area contributed by atoms with Crippen LogP contribution in [-0.4, -0.2) is 31.5 Å². The molecule has 6 heteroatoms. The maximum absolute atomic E-state index is 13.1. The predicted molar refractivity (Wildman–Crippen MR) is 63.1 cm³/mol. The molecule has 19 heavy (non-hydrogen) atoms. The summed E-state index contributed by atoms with van der Waals surface area (Å²) in [6.45, 7) is 3.07. The zero-order valence-electron chi connectivity index (χ0n) is 10.5. The molecule has 0 amide bonds. The number of aliphatic hydroxyl groups is 1. The van der Waals surface area contributed by atoms with Gasteiger partial charge in [-0.3, -0.25) is 0 Å². The van der Waals surface area contributed by atoms with Crippen molar-refractivity contribution in [3.63, 3.8) is 0 Å². The Balaban J connectivity index is 2.02. The lowest BCUT2D eigenvalue weighted by molar-refractivity contribution is -0.135. The van der Waals surface area contributed by atoms with Crippen LogP contribution in [0.15, 0.2) is 12.1 Å². The molecule has 1 saturated heterocycles. The van der Waals surface area contributed by atoms with Crippen LogP contribution in [0.3, 0.4) is 0 Å². The minimum absolute atomic E-state index is 0.0150. The first-order valence-corrected chi connectivity index (χ1v) is 6.04. The van der Waals surface area contributed by atoms with E-state index in [2.05, 4.69) is 5.32 Å². The fourth-order valence-corrected chi connectivity index (χ4v) is 1.95. The standard InChI is InChI=1S/C13H16F3NO2/c1-8(17-4-13(5-18)6-19-7-13)9-2-10(14)12(16)11(15)3-9/h2-3,8,17-18H,4-7H2,1H3. The summed E-state index contributed by atoms with van der Waals surface area (Å²) < 4.78 is 44.1. The number of hydrogen-bond donors (Lipinski definition) is 2. The molecule has 0 spiro atoms. The van der Waals surface area contributed by atoms with E-state index in [1.165, 1.54) is 0 Å². The van der Waals surface area contributed by atoms with Crippen LogP contribution in [0, 0.1) is 22.9 Å². The normalized spacial score (nSPS) is 19.0. The highest BCUT2D eigenvalue weighted by atomic mass is 19.2. The highest BCUT2D eigenvalue weighted by Crippen LogP contribution is 2.27. The topological polar surface area (TPSA) is 41.5 Å². The SMILES string of the molecule is CC(NCC1(CO)COC1)c1cc(F)c(F)c(F)c1. The number of rotatable bonds is 5. The molecule has 1 heterocycles. The fourth-order valence-electron chi connectivity index (χ4n) is 1.95. The van der Waals surface area contributed by atoms with E-state index in [0.29, 0.717) is 25.3 Å². The second kappa shape index (κ2) is 5.48. The summed E-state index contributed by atoms with van der Waals surface area (Å²) in [6, 6.07) is 1.59. The molecule has 0 aliphatic carbocycles. The number of nitrogens with one attached hydrogen (secondary N) is 1. The van der Waals surface area contributed by atoms with Gasteiger partial charge >= 0.3 is 0 Å². The van der Waals surface area contributed by atoms with Crippen molar-refractivity contribution in [1.82, 2.24) is 5.32 Å². The molecule has 2 N–H and O–H groups in total. The van der Waals surface area contributed by atoms with Gasteiger partial charge in [-0.15, -0.1) is 0 Å². The van der Waals surface area contributed by atoms with Crippen molar-refractivity contribution < 1.29 is 23.0 Å². The van der Waals surface area contributed by atoms with E-state index in [0.717, 1.165) is 12.1 Å². The molecule has 1 aliphatic rings. The third kappa shape index (κ3) is 2.91. The number of aliphatic hydroxyl groups excluding tert-OH is 1. The van der Waals surface area contributed by atoms with Gasteiger partial charge in [0.1, 0.15) is 0 Å². The number of hydrogen-bond acceptors (Lipinski definition) is 3. The molecule has 0 bridgehead atoms. The molecule has 1 aromatic carbocycles. The highest BCUT2D eigenvalue weighted by Gasteiger charge is 2.38. The quantitative estimate of drug-likeness (QED) is 0.805. The molecule has 1 aromatic rings. The monoisotopic (exact) mass is 275 g/mol. The maximum atomic E-state index is 13.1. The zero-order chi connectivity index (χ0) is 14.0. The van der Waals surface area contributed by atoms with Crippen LogP contribution in [0.4, 0.5) is 13.2 Å². The summed E-state index contributed by atoms with van der Waals surface area (Å²) in [6.07, 6.45) is 0. The Morgan fingerprint density at radius 1 is 1.32 bits per heavy atom. The maximum Gasteiger partial charge on any atom is 0.194 e. The lowest BCUT2D eigenvalue weighted by Crippen LogP contribution is -2.52. The van der Waals surface area contributed by atoms with E-state index in [1.807, 2.05) is 0 Å². The van der Waals surface area contributed by atoms with Gasteiger partial charge in [-0.2, -0.15) is 0 Å². The van der Waals surface area contributed by atoms with Crippen molar-refractivity contribution >= 4 is 0 Å². The van der Waals surface area contributed by atoms with Crippen molar-refractivity contribution in [2.24, 2.45) is 5.41 Å². The van der Waals surface area contributed by atoms with Gasteiger partial charge in [0.15, 0.2) is 17.5 Å². The van der Waals surface area contributed by atoms with Gasteiger partial charge < -0.3 is 15.2 Å². The van der Waals surface area contributed by atoms with Crippen molar-refractivity contribution in [2.75, 3.05) is 26.4 Å². The first-order chi connectivity index (χ1) is 8.97. The Hall–Kier alpha value is -1.11. The second-order valence-electron chi connectivity index (χ2n) is 5.05. The van der Waals surface area contributed by atoms with Crippen LogP contribution < -0.4 is 5.32 Å². The van der Waals surface area contributed by atoms with Gasteiger partial charge in [0.05, 0.1) is 25.2 Å². The van der Waals surface area contributed by atoms with Crippen LogP contribution in [-0.2, 0) is 4.74 Å². The molecule has 0 radical (unpaired) electrons. The van der Waals surface area contributed by atoms with Crippen molar-refractivity contribution in [1.29, 1.82) is 0 Å². The average molecular weight is 275 g/mol. The minimum Gasteiger partial charge on any atom is -0.396 e. The minimum atomic E-state index is -1.46. The van der Waals surface area contributed by atoms with E-state index >= 15 is 0 Å². The van der Waals surface area contributed by atoms with Crippen LogP contribution in [0.1, 0.15) is 18.5 Å². The van der Waals surface area contributed by atoms with Crippen molar-refractivity contribution in [3.05, 3.63) is 35.1 Å². The lowest BCUT2D eigenvalue weighted by Gasteiger charge is -2.40. The van der Waals surface area contributed by atoms with Gasteiger partial charge in [-0.25, -0.2) is 13.2 Å². The molecular formula is C13H16F3NO2. The van der Waals surface area contributed by atoms with E-state index in [-0.39, 0.29) is 18.1 Å². The third-order valence-corrected chi connectivity index (χ3v) is 3.44. The van der Waals surface area contributed by atoms with E-state index < -0.39 is 17.5 Å². The smallest absolute Gasteiger partial charge is 0.194 e. The lowest BCUT2D eigenvalue weighted by atomic mass is 9.86. The van der Waals surface area contributed by atoms with Gasteiger partial charge in [-0.05, 0) is 24.6 Å². The van der Waals surface area contributed by atoms with Crippen LogP contribution >= 0.6 is 0 Å². The van der Waals surface area contributed by atoms with Gasteiger partial charge in [0, 0.05) is 12.6 Å².